The maximum atomic E-state index is 13.8. The number of nitrogens with one attached hydrogen (secondary N) is 2. The lowest BCUT2D eigenvalue weighted by Gasteiger charge is -2.38. The van der Waals surface area contributed by atoms with Crippen molar-refractivity contribution in [2.24, 2.45) is 5.41 Å². The molecule has 5 rings (SSSR count). The summed E-state index contributed by atoms with van der Waals surface area (Å²) in [6.07, 6.45) is 3.33. The highest BCUT2D eigenvalue weighted by Crippen LogP contribution is 2.48. The number of carbonyl (C=O) groups is 2. The molecule has 1 aliphatic carbocycles. The summed E-state index contributed by atoms with van der Waals surface area (Å²) in [4.78, 5) is 31.3. The van der Waals surface area contributed by atoms with E-state index < -0.39 is 0 Å². The zero-order chi connectivity index (χ0) is 26.2. The number of fused-ring (bicyclic) bond motifs is 1. The van der Waals surface area contributed by atoms with Crippen molar-refractivity contribution in [3.8, 4) is 0 Å². The summed E-state index contributed by atoms with van der Waals surface area (Å²) >= 11 is 0. The molecule has 37 heavy (non-hydrogen) atoms. The van der Waals surface area contributed by atoms with E-state index in [9.17, 15) is 9.59 Å². The number of allylic oxidation sites excluding steroid dienone is 1. The molecule has 2 unspecified atom stereocenters. The highest BCUT2D eigenvalue weighted by molar-refractivity contribution is 6.02. The van der Waals surface area contributed by atoms with Gasteiger partial charge in [0.1, 0.15) is 0 Å². The third kappa shape index (κ3) is 5.37. The number of para-hydroxylation sites is 2. The number of anilines is 3. The molecule has 2 aliphatic heterocycles. The summed E-state index contributed by atoms with van der Waals surface area (Å²) in [5.41, 5.74) is 5.50. The van der Waals surface area contributed by atoms with Crippen LogP contribution in [0, 0.1) is 5.41 Å². The second-order valence-corrected chi connectivity index (χ2v) is 11.4. The molecule has 2 atom stereocenters. The summed E-state index contributed by atoms with van der Waals surface area (Å²) in [6, 6.07) is 16.0. The largest absolute Gasteiger partial charge is 0.378 e. The molecule has 1 amide bonds. The van der Waals surface area contributed by atoms with Gasteiger partial charge in [0.25, 0.3) is 0 Å². The van der Waals surface area contributed by atoms with Crippen LogP contribution in [0.25, 0.3) is 0 Å². The van der Waals surface area contributed by atoms with E-state index in [1.165, 1.54) is 0 Å². The van der Waals surface area contributed by atoms with Crippen molar-refractivity contribution in [2.75, 3.05) is 48.9 Å². The molecule has 1 saturated heterocycles. The number of rotatable bonds is 6. The Morgan fingerprint density at radius 1 is 1.14 bits per heavy atom. The van der Waals surface area contributed by atoms with Gasteiger partial charge >= 0.3 is 0 Å². The Morgan fingerprint density at radius 3 is 2.59 bits per heavy atom. The molecule has 0 bridgehead atoms. The summed E-state index contributed by atoms with van der Waals surface area (Å²) < 4.78 is 5.70. The summed E-state index contributed by atoms with van der Waals surface area (Å²) in [7, 11) is 4.03. The SMILES string of the molecule is CN(C)c1ccc(C2C3=C(CC(C)(C)CC3=O)Nc3ccccc3N2CC(=O)NCC2CCCO2)cc1. The third-order valence-corrected chi connectivity index (χ3v) is 7.59. The van der Waals surface area contributed by atoms with E-state index in [0.717, 1.165) is 59.8 Å². The maximum absolute atomic E-state index is 13.8. The Hall–Kier alpha value is -3.32. The fraction of sp³-hybridized carbons (Fsp3) is 0.467. The van der Waals surface area contributed by atoms with E-state index in [4.69, 9.17) is 4.74 Å². The lowest BCUT2D eigenvalue weighted by Crippen LogP contribution is -2.43. The molecule has 2 aromatic carbocycles. The number of amides is 1. The minimum absolute atomic E-state index is 0.0761. The zero-order valence-electron chi connectivity index (χ0n) is 22.3. The van der Waals surface area contributed by atoms with Crippen LogP contribution < -0.4 is 20.4 Å². The standard InChI is InChI=1S/C30H38N4O3/c1-30(2)16-24-28(26(35)17-30)29(20-11-13-21(14-12-20)33(3)4)34(25-10-6-5-9-23(25)32-24)19-27(36)31-18-22-8-7-15-37-22/h5-6,9-14,22,29,32H,7-8,15-19H2,1-4H3,(H,31,36). The number of benzene rings is 2. The average molecular weight is 503 g/mol. The van der Waals surface area contributed by atoms with Crippen molar-refractivity contribution in [2.45, 2.75) is 51.7 Å². The lowest BCUT2D eigenvalue weighted by atomic mass is 9.73. The smallest absolute Gasteiger partial charge is 0.239 e. The van der Waals surface area contributed by atoms with Gasteiger partial charge in [0, 0.05) is 50.6 Å². The Labute approximate surface area is 219 Å². The maximum Gasteiger partial charge on any atom is 0.239 e. The van der Waals surface area contributed by atoms with Crippen LogP contribution in [0.2, 0.25) is 0 Å². The van der Waals surface area contributed by atoms with Crippen molar-refractivity contribution >= 4 is 28.8 Å². The van der Waals surface area contributed by atoms with Gasteiger partial charge in [0.15, 0.2) is 5.78 Å². The summed E-state index contributed by atoms with van der Waals surface area (Å²) in [6.45, 7) is 5.69. The summed E-state index contributed by atoms with van der Waals surface area (Å²) in [5, 5.41) is 6.70. The number of Topliss-reactive ketones (excluding diaryl/α,β-unsaturated/α-hetero) is 1. The topological polar surface area (TPSA) is 73.9 Å². The van der Waals surface area contributed by atoms with Crippen molar-refractivity contribution in [1.29, 1.82) is 0 Å². The predicted molar refractivity (Wildman–Crippen MR) is 148 cm³/mol. The zero-order valence-corrected chi connectivity index (χ0v) is 22.3. The van der Waals surface area contributed by atoms with Crippen LogP contribution in [0.15, 0.2) is 59.8 Å². The molecule has 0 aromatic heterocycles. The molecule has 0 radical (unpaired) electrons. The van der Waals surface area contributed by atoms with E-state index in [1.54, 1.807) is 0 Å². The first kappa shape index (κ1) is 25.3. The molecule has 2 N–H and O–H groups in total. The lowest BCUT2D eigenvalue weighted by molar-refractivity contribution is -0.121. The normalized spacial score (nSPS) is 22.6. The Kier molecular flexibility index (Phi) is 6.99. The van der Waals surface area contributed by atoms with Crippen molar-refractivity contribution < 1.29 is 14.3 Å². The van der Waals surface area contributed by atoms with Gasteiger partial charge in [0.2, 0.25) is 5.91 Å². The van der Waals surface area contributed by atoms with Gasteiger partial charge in [-0.3, -0.25) is 9.59 Å². The number of carbonyl (C=O) groups excluding carboxylic acids is 2. The molecular weight excluding hydrogens is 464 g/mol. The van der Waals surface area contributed by atoms with Crippen molar-refractivity contribution in [3.05, 3.63) is 65.4 Å². The van der Waals surface area contributed by atoms with E-state index in [-0.39, 0.29) is 35.8 Å². The van der Waals surface area contributed by atoms with Crippen LogP contribution in [0.5, 0.6) is 0 Å². The Morgan fingerprint density at radius 2 is 1.89 bits per heavy atom. The molecule has 196 valence electrons. The number of nitrogens with zero attached hydrogens (tertiary/aromatic N) is 2. The van der Waals surface area contributed by atoms with E-state index in [1.807, 2.05) is 38.4 Å². The fourth-order valence-corrected chi connectivity index (χ4v) is 5.77. The van der Waals surface area contributed by atoms with Gasteiger partial charge in [-0.15, -0.1) is 0 Å². The van der Waals surface area contributed by atoms with Gasteiger partial charge in [-0.25, -0.2) is 0 Å². The van der Waals surface area contributed by atoms with Gasteiger partial charge in [-0.2, -0.15) is 0 Å². The average Bonchev–Trinajstić information content (AvgIpc) is 3.33. The summed E-state index contributed by atoms with van der Waals surface area (Å²) in [5.74, 6) is 0.0610. The Bertz CT molecular complexity index is 1200. The molecule has 3 aliphatic rings. The highest BCUT2D eigenvalue weighted by Gasteiger charge is 2.41. The molecule has 0 spiro atoms. The van der Waals surface area contributed by atoms with Gasteiger partial charge in [0.05, 0.1) is 30.1 Å². The second-order valence-electron chi connectivity index (χ2n) is 11.4. The molecule has 1 fully saturated rings. The second kappa shape index (κ2) is 10.2. The number of hydrogen-bond acceptors (Lipinski definition) is 6. The molecular formula is C30H38N4O3. The third-order valence-electron chi connectivity index (χ3n) is 7.59. The first-order valence-corrected chi connectivity index (χ1v) is 13.3. The molecule has 2 heterocycles. The Balaban J connectivity index is 1.58. The minimum Gasteiger partial charge on any atom is -0.378 e. The monoisotopic (exact) mass is 502 g/mol. The van der Waals surface area contributed by atoms with Crippen LogP contribution >= 0.6 is 0 Å². The van der Waals surface area contributed by atoms with Crippen LogP contribution in [0.1, 0.15) is 51.1 Å². The van der Waals surface area contributed by atoms with Crippen molar-refractivity contribution in [3.63, 3.8) is 0 Å². The van der Waals surface area contributed by atoms with Crippen LogP contribution in [-0.2, 0) is 14.3 Å². The van der Waals surface area contributed by atoms with Gasteiger partial charge in [-0.05, 0) is 54.5 Å². The predicted octanol–water partition coefficient (Wildman–Crippen LogP) is 4.66. The van der Waals surface area contributed by atoms with E-state index in [2.05, 4.69) is 58.5 Å². The molecule has 7 heteroatoms. The van der Waals surface area contributed by atoms with E-state index >= 15 is 0 Å². The number of hydrogen-bond donors (Lipinski definition) is 2. The van der Waals surface area contributed by atoms with Crippen LogP contribution in [0.3, 0.4) is 0 Å². The van der Waals surface area contributed by atoms with Gasteiger partial charge in [-0.1, -0.05) is 38.1 Å². The first-order valence-electron chi connectivity index (χ1n) is 13.3. The number of ether oxygens (including phenoxy) is 1. The first-order chi connectivity index (χ1) is 17.7. The highest BCUT2D eigenvalue weighted by atomic mass is 16.5. The van der Waals surface area contributed by atoms with Gasteiger partial charge < -0.3 is 25.2 Å². The quantitative estimate of drug-likeness (QED) is 0.598. The van der Waals surface area contributed by atoms with E-state index in [0.29, 0.717) is 13.0 Å². The van der Waals surface area contributed by atoms with Crippen LogP contribution in [0.4, 0.5) is 17.1 Å². The fourth-order valence-electron chi connectivity index (χ4n) is 5.77. The molecule has 0 saturated carbocycles. The van der Waals surface area contributed by atoms with Crippen LogP contribution in [-0.4, -0.2) is 51.6 Å². The van der Waals surface area contributed by atoms with Crippen molar-refractivity contribution in [1.82, 2.24) is 5.32 Å². The minimum atomic E-state index is -0.376. The molecule has 2 aromatic rings. The number of ketones is 1. The molecule has 7 nitrogen and oxygen atoms in total.